The second kappa shape index (κ2) is 9.95. The number of nitrogens with zero attached hydrogens (tertiary/aromatic N) is 1. The molecule has 8 heteroatoms. The maximum absolute atomic E-state index is 13.2. The van der Waals surface area contributed by atoms with Gasteiger partial charge >= 0.3 is 0 Å². The van der Waals surface area contributed by atoms with Crippen molar-refractivity contribution in [3.63, 3.8) is 0 Å². The molecule has 34 heavy (non-hydrogen) atoms. The van der Waals surface area contributed by atoms with Gasteiger partial charge in [0.25, 0.3) is 0 Å². The quantitative estimate of drug-likeness (QED) is 0.543. The number of fused-ring (bicyclic) bond motifs is 1. The van der Waals surface area contributed by atoms with Crippen LogP contribution in [0.4, 0.5) is 11.4 Å². The van der Waals surface area contributed by atoms with E-state index in [2.05, 4.69) is 10.6 Å². The van der Waals surface area contributed by atoms with E-state index in [1.54, 1.807) is 31.2 Å². The predicted molar refractivity (Wildman–Crippen MR) is 134 cm³/mol. The van der Waals surface area contributed by atoms with Crippen LogP contribution < -0.4 is 10.6 Å². The summed E-state index contributed by atoms with van der Waals surface area (Å²) in [7, 11) is -3.63. The molecule has 0 atom stereocenters. The Labute approximate surface area is 200 Å². The lowest BCUT2D eigenvalue weighted by Gasteiger charge is -2.30. The SMILES string of the molecule is CCC(=O)Nc1ccc(C)c(NC(=O)C2CCN(S(=O)(=O)c3ccc4ccccc4c3)CC2)c1. The summed E-state index contributed by atoms with van der Waals surface area (Å²) in [6, 6.07) is 18.2. The van der Waals surface area contributed by atoms with Gasteiger partial charge in [-0.05, 0) is 60.4 Å². The van der Waals surface area contributed by atoms with Crippen molar-refractivity contribution >= 4 is 44.0 Å². The number of amides is 2. The fourth-order valence-electron chi connectivity index (χ4n) is 4.15. The molecule has 2 N–H and O–H groups in total. The van der Waals surface area contributed by atoms with Gasteiger partial charge in [0.1, 0.15) is 0 Å². The van der Waals surface area contributed by atoms with Crippen LogP contribution in [-0.2, 0) is 19.6 Å². The highest BCUT2D eigenvalue weighted by atomic mass is 32.2. The van der Waals surface area contributed by atoms with E-state index in [9.17, 15) is 18.0 Å². The second-order valence-corrected chi connectivity index (χ2v) is 10.5. The number of aryl methyl sites for hydroxylation is 1. The maximum atomic E-state index is 13.2. The van der Waals surface area contributed by atoms with Gasteiger partial charge in [-0.3, -0.25) is 9.59 Å². The zero-order valence-corrected chi connectivity index (χ0v) is 20.2. The number of piperidine rings is 1. The Bertz CT molecular complexity index is 1330. The largest absolute Gasteiger partial charge is 0.326 e. The van der Waals surface area contributed by atoms with Crippen molar-refractivity contribution in [1.82, 2.24) is 4.31 Å². The summed E-state index contributed by atoms with van der Waals surface area (Å²) in [6.45, 7) is 4.25. The van der Waals surface area contributed by atoms with Gasteiger partial charge in [0.2, 0.25) is 21.8 Å². The van der Waals surface area contributed by atoms with Crippen molar-refractivity contribution in [2.75, 3.05) is 23.7 Å². The minimum absolute atomic E-state index is 0.0962. The summed E-state index contributed by atoms with van der Waals surface area (Å²) >= 11 is 0. The van der Waals surface area contributed by atoms with E-state index in [0.29, 0.717) is 43.7 Å². The van der Waals surface area contributed by atoms with Crippen LogP contribution in [0.5, 0.6) is 0 Å². The van der Waals surface area contributed by atoms with Gasteiger partial charge in [0, 0.05) is 36.8 Å². The van der Waals surface area contributed by atoms with Crippen LogP contribution in [0.2, 0.25) is 0 Å². The van der Waals surface area contributed by atoms with Gasteiger partial charge < -0.3 is 10.6 Å². The number of hydrogen-bond donors (Lipinski definition) is 2. The van der Waals surface area contributed by atoms with Gasteiger partial charge in [0.15, 0.2) is 0 Å². The van der Waals surface area contributed by atoms with Crippen molar-refractivity contribution in [2.45, 2.75) is 38.0 Å². The zero-order valence-electron chi connectivity index (χ0n) is 19.4. The van der Waals surface area contributed by atoms with Crippen LogP contribution in [0.15, 0.2) is 65.6 Å². The zero-order chi connectivity index (χ0) is 24.3. The summed E-state index contributed by atoms with van der Waals surface area (Å²) in [5.41, 5.74) is 2.16. The third kappa shape index (κ3) is 5.13. The lowest BCUT2D eigenvalue weighted by Crippen LogP contribution is -2.41. The van der Waals surface area contributed by atoms with Crippen molar-refractivity contribution in [3.8, 4) is 0 Å². The number of sulfonamides is 1. The van der Waals surface area contributed by atoms with E-state index in [1.807, 2.05) is 43.3 Å². The van der Waals surface area contributed by atoms with Gasteiger partial charge in [-0.25, -0.2) is 8.42 Å². The minimum atomic E-state index is -3.63. The van der Waals surface area contributed by atoms with E-state index >= 15 is 0 Å². The Morgan fingerprint density at radius 2 is 1.65 bits per heavy atom. The number of hydrogen-bond acceptors (Lipinski definition) is 4. The molecule has 0 saturated carbocycles. The minimum Gasteiger partial charge on any atom is -0.326 e. The topological polar surface area (TPSA) is 95.6 Å². The van der Waals surface area contributed by atoms with E-state index in [-0.39, 0.29) is 22.6 Å². The van der Waals surface area contributed by atoms with Gasteiger partial charge in [-0.15, -0.1) is 0 Å². The monoisotopic (exact) mass is 479 g/mol. The molecule has 0 aliphatic carbocycles. The first-order valence-electron chi connectivity index (χ1n) is 11.5. The highest BCUT2D eigenvalue weighted by molar-refractivity contribution is 7.89. The smallest absolute Gasteiger partial charge is 0.243 e. The third-order valence-corrected chi connectivity index (χ3v) is 8.18. The van der Waals surface area contributed by atoms with Crippen LogP contribution in [0.25, 0.3) is 10.8 Å². The van der Waals surface area contributed by atoms with Crippen LogP contribution in [0.1, 0.15) is 31.7 Å². The maximum Gasteiger partial charge on any atom is 0.243 e. The molecule has 1 saturated heterocycles. The van der Waals surface area contributed by atoms with Gasteiger partial charge in [-0.1, -0.05) is 43.3 Å². The molecule has 1 aliphatic rings. The molecule has 178 valence electrons. The lowest BCUT2D eigenvalue weighted by atomic mass is 9.97. The van der Waals surface area contributed by atoms with Gasteiger partial charge in [-0.2, -0.15) is 4.31 Å². The average Bonchev–Trinajstić information content (AvgIpc) is 2.85. The van der Waals surface area contributed by atoms with Crippen molar-refractivity contribution < 1.29 is 18.0 Å². The number of benzene rings is 3. The highest BCUT2D eigenvalue weighted by Gasteiger charge is 2.32. The summed E-state index contributed by atoms with van der Waals surface area (Å²) in [6.07, 6.45) is 1.27. The highest BCUT2D eigenvalue weighted by Crippen LogP contribution is 2.28. The summed E-state index contributed by atoms with van der Waals surface area (Å²) in [5.74, 6) is -0.512. The Balaban J connectivity index is 1.41. The number of carbonyl (C=O) groups excluding carboxylic acids is 2. The standard InChI is InChI=1S/C26H29N3O4S/c1-3-25(30)27-22-10-8-18(2)24(17-22)28-26(31)20-12-14-29(15-13-20)34(32,33)23-11-9-19-6-4-5-7-21(19)16-23/h4-11,16-17,20H,3,12-15H2,1-2H3,(H,27,30)(H,28,31). The molecule has 0 spiro atoms. The number of rotatable bonds is 6. The van der Waals surface area contributed by atoms with E-state index in [4.69, 9.17) is 0 Å². The Morgan fingerprint density at radius 3 is 2.35 bits per heavy atom. The van der Waals surface area contributed by atoms with Crippen molar-refractivity contribution in [2.24, 2.45) is 5.92 Å². The van der Waals surface area contributed by atoms with Crippen LogP contribution in [0, 0.1) is 12.8 Å². The fraction of sp³-hybridized carbons (Fsp3) is 0.308. The summed E-state index contributed by atoms with van der Waals surface area (Å²) in [4.78, 5) is 24.9. The molecule has 1 heterocycles. The fourth-order valence-corrected chi connectivity index (χ4v) is 5.66. The molecule has 3 aromatic carbocycles. The summed E-state index contributed by atoms with van der Waals surface area (Å²) in [5, 5.41) is 7.63. The molecule has 1 aliphatic heterocycles. The molecule has 4 rings (SSSR count). The Kier molecular flexibility index (Phi) is 7.00. The van der Waals surface area contributed by atoms with Crippen molar-refractivity contribution in [3.05, 3.63) is 66.2 Å². The summed E-state index contributed by atoms with van der Waals surface area (Å²) < 4.78 is 27.8. The Hall–Kier alpha value is -3.23. The molecule has 0 unspecified atom stereocenters. The third-order valence-electron chi connectivity index (χ3n) is 6.28. The molecular formula is C26H29N3O4S. The van der Waals surface area contributed by atoms with E-state index < -0.39 is 10.0 Å². The lowest BCUT2D eigenvalue weighted by molar-refractivity contribution is -0.121. The molecule has 2 amide bonds. The molecule has 3 aromatic rings. The normalized spacial score (nSPS) is 15.2. The predicted octanol–water partition coefficient (Wildman–Crippen LogP) is 4.54. The van der Waals surface area contributed by atoms with E-state index in [1.165, 1.54) is 4.31 Å². The van der Waals surface area contributed by atoms with Crippen LogP contribution in [-0.4, -0.2) is 37.6 Å². The molecule has 0 bridgehead atoms. The van der Waals surface area contributed by atoms with Crippen LogP contribution >= 0.6 is 0 Å². The number of nitrogens with one attached hydrogen (secondary N) is 2. The first-order valence-corrected chi connectivity index (χ1v) is 12.9. The molecule has 0 aromatic heterocycles. The molecule has 1 fully saturated rings. The number of carbonyl (C=O) groups is 2. The number of anilines is 2. The molecule has 0 radical (unpaired) electrons. The molecule has 7 nitrogen and oxygen atoms in total. The van der Waals surface area contributed by atoms with Crippen molar-refractivity contribution in [1.29, 1.82) is 0 Å². The average molecular weight is 480 g/mol. The second-order valence-electron chi connectivity index (χ2n) is 8.61. The van der Waals surface area contributed by atoms with Crippen LogP contribution in [0.3, 0.4) is 0 Å². The van der Waals surface area contributed by atoms with Gasteiger partial charge in [0.05, 0.1) is 4.90 Å². The Morgan fingerprint density at radius 1 is 0.941 bits per heavy atom. The first-order chi connectivity index (χ1) is 16.3. The van der Waals surface area contributed by atoms with E-state index in [0.717, 1.165) is 16.3 Å². The first kappa shape index (κ1) is 23.9. The molecular weight excluding hydrogens is 450 g/mol.